The van der Waals surface area contributed by atoms with Gasteiger partial charge in [-0.1, -0.05) is 18.2 Å². The second-order valence-corrected chi connectivity index (χ2v) is 8.28. The molecule has 146 valence electrons. The molecular formula is C20H26N2O4S. The average molecular weight is 391 g/mol. The van der Waals surface area contributed by atoms with Gasteiger partial charge in [0, 0.05) is 24.7 Å². The van der Waals surface area contributed by atoms with Crippen LogP contribution in [0.2, 0.25) is 0 Å². The largest absolute Gasteiger partial charge is 0.497 e. The molecule has 2 aromatic rings. The summed E-state index contributed by atoms with van der Waals surface area (Å²) in [5, 5.41) is 0. The van der Waals surface area contributed by atoms with Gasteiger partial charge in [0.1, 0.15) is 11.5 Å². The Morgan fingerprint density at radius 3 is 2.59 bits per heavy atom. The lowest BCUT2D eigenvalue weighted by Gasteiger charge is -2.26. The van der Waals surface area contributed by atoms with Gasteiger partial charge >= 0.3 is 0 Å². The number of rotatable bonds is 8. The van der Waals surface area contributed by atoms with E-state index in [0.717, 1.165) is 36.4 Å². The summed E-state index contributed by atoms with van der Waals surface area (Å²) in [6.07, 6.45) is 2.07. The standard InChI is InChI=1S/C20H26N2O4S/c1-25-16-10-11-20(26-2)18(15-16)19-9-6-13-22(19)14-12-21-27(23,24)17-7-4-3-5-8-17/h3-5,7-8,10-11,15,19,21H,6,9,12-14H2,1-2H3/t19-/m1/s1. The first kappa shape index (κ1) is 19.7. The Hall–Kier alpha value is -2.09. The van der Waals surface area contributed by atoms with E-state index < -0.39 is 10.0 Å². The fourth-order valence-electron chi connectivity index (χ4n) is 3.55. The monoisotopic (exact) mass is 390 g/mol. The molecule has 27 heavy (non-hydrogen) atoms. The summed E-state index contributed by atoms with van der Waals surface area (Å²) in [5.74, 6) is 1.62. The van der Waals surface area contributed by atoms with Crippen LogP contribution in [0.3, 0.4) is 0 Å². The lowest BCUT2D eigenvalue weighted by atomic mass is 10.0. The highest BCUT2D eigenvalue weighted by Crippen LogP contribution is 2.38. The third kappa shape index (κ3) is 4.61. The van der Waals surface area contributed by atoms with Crippen LogP contribution in [0.4, 0.5) is 0 Å². The third-order valence-corrected chi connectivity index (χ3v) is 6.38. The first-order valence-electron chi connectivity index (χ1n) is 9.06. The van der Waals surface area contributed by atoms with Crippen LogP contribution in [-0.4, -0.2) is 47.2 Å². The Kier molecular flexibility index (Phi) is 6.36. The van der Waals surface area contributed by atoms with Crippen molar-refractivity contribution in [3.63, 3.8) is 0 Å². The van der Waals surface area contributed by atoms with E-state index in [-0.39, 0.29) is 10.9 Å². The highest BCUT2D eigenvalue weighted by molar-refractivity contribution is 7.89. The van der Waals surface area contributed by atoms with Crippen molar-refractivity contribution in [3.05, 3.63) is 54.1 Å². The summed E-state index contributed by atoms with van der Waals surface area (Å²) in [7, 11) is -0.165. The summed E-state index contributed by atoms with van der Waals surface area (Å²) in [6, 6.07) is 14.4. The molecule has 7 heteroatoms. The van der Waals surface area contributed by atoms with Crippen molar-refractivity contribution >= 4 is 10.0 Å². The lowest BCUT2D eigenvalue weighted by Crippen LogP contribution is -2.34. The summed E-state index contributed by atoms with van der Waals surface area (Å²) >= 11 is 0. The van der Waals surface area contributed by atoms with E-state index in [1.165, 1.54) is 0 Å². The van der Waals surface area contributed by atoms with Crippen LogP contribution >= 0.6 is 0 Å². The molecule has 0 saturated carbocycles. The number of sulfonamides is 1. The van der Waals surface area contributed by atoms with E-state index in [1.807, 2.05) is 18.2 Å². The topological polar surface area (TPSA) is 67.9 Å². The summed E-state index contributed by atoms with van der Waals surface area (Å²) < 4.78 is 38.3. The van der Waals surface area contributed by atoms with Gasteiger partial charge in [0.2, 0.25) is 10.0 Å². The molecule has 1 fully saturated rings. The Balaban J connectivity index is 1.67. The van der Waals surface area contributed by atoms with Gasteiger partial charge < -0.3 is 9.47 Å². The van der Waals surface area contributed by atoms with Gasteiger partial charge in [-0.05, 0) is 49.7 Å². The van der Waals surface area contributed by atoms with E-state index in [4.69, 9.17) is 9.47 Å². The van der Waals surface area contributed by atoms with E-state index in [9.17, 15) is 8.42 Å². The summed E-state index contributed by atoms with van der Waals surface area (Å²) in [6.45, 7) is 1.93. The van der Waals surface area contributed by atoms with Crippen molar-refractivity contribution in [3.8, 4) is 11.5 Å². The minimum Gasteiger partial charge on any atom is -0.497 e. The summed E-state index contributed by atoms with van der Waals surface area (Å²) in [5.41, 5.74) is 1.08. The molecule has 1 atom stereocenters. The maximum atomic E-state index is 12.4. The smallest absolute Gasteiger partial charge is 0.240 e. The predicted octanol–water partition coefficient (Wildman–Crippen LogP) is 2.82. The van der Waals surface area contributed by atoms with Gasteiger partial charge in [-0.3, -0.25) is 4.90 Å². The molecule has 3 rings (SSSR count). The number of likely N-dealkylation sites (tertiary alicyclic amines) is 1. The maximum absolute atomic E-state index is 12.4. The van der Waals surface area contributed by atoms with Crippen LogP contribution in [-0.2, 0) is 10.0 Å². The molecular weight excluding hydrogens is 364 g/mol. The molecule has 1 aliphatic rings. The first-order valence-corrected chi connectivity index (χ1v) is 10.5. The molecule has 1 heterocycles. The molecule has 1 saturated heterocycles. The zero-order valence-electron chi connectivity index (χ0n) is 15.7. The SMILES string of the molecule is COc1ccc(OC)c([C@H]2CCCN2CCNS(=O)(=O)c2ccccc2)c1. The van der Waals surface area contributed by atoms with E-state index in [1.54, 1.807) is 44.6 Å². The number of hydrogen-bond acceptors (Lipinski definition) is 5. The number of benzene rings is 2. The van der Waals surface area contributed by atoms with Gasteiger partial charge in [-0.15, -0.1) is 0 Å². The molecule has 2 aromatic carbocycles. The number of nitrogens with zero attached hydrogens (tertiary/aromatic N) is 1. The van der Waals surface area contributed by atoms with E-state index in [2.05, 4.69) is 9.62 Å². The maximum Gasteiger partial charge on any atom is 0.240 e. The van der Waals surface area contributed by atoms with Crippen LogP contribution in [0, 0.1) is 0 Å². The van der Waals surface area contributed by atoms with Crippen molar-refractivity contribution in [1.29, 1.82) is 0 Å². The Morgan fingerprint density at radius 1 is 1.11 bits per heavy atom. The molecule has 0 bridgehead atoms. The van der Waals surface area contributed by atoms with Gasteiger partial charge in [0.05, 0.1) is 19.1 Å². The minimum atomic E-state index is -3.48. The summed E-state index contributed by atoms with van der Waals surface area (Å²) in [4.78, 5) is 2.59. The highest BCUT2D eigenvalue weighted by Gasteiger charge is 2.28. The average Bonchev–Trinajstić information content (AvgIpc) is 3.16. The molecule has 0 spiro atoms. The Labute approximate surface area is 161 Å². The molecule has 0 radical (unpaired) electrons. The second-order valence-electron chi connectivity index (χ2n) is 6.51. The third-order valence-electron chi connectivity index (χ3n) is 4.90. The van der Waals surface area contributed by atoms with Crippen molar-refractivity contribution < 1.29 is 17.9 Å². The van der Waals surface area contributed by atoms with Crippen molar-refractivity contribution in [1.82, 2.24) is 9.62 Å². The predicted molar refractivity (Wildman–Crippen MR) is 105 cm³/mol. The molecule has 0 amide bonds. The fraction of sp³-hybridized carbons (Fsp3) is 0.400. The van der Waals surface area contributed by atoms with E-state index in [0.29, 0.717) is 13.1 Å². The molecule has 6 nitrogen and oxygen atoms in total. The van der Waals surface area contributed by atoms with Crippen molar-refractivity contribution in [2.45, 2.75) is 23.8 Å². The number of ether oxygens (including phenoxy) is 2. The van der Waals surface area contributed by atoms with Gasteiger partial charge in [0.25, 0.3) is 0 Å². The second kappa shape index (κ2) is 8.73. The minimum absolute atomic E-state index is 0.191. The van der Waals surface area contributed by atoms with Crippen LogP contribution in [0.1, 0.15) is 24.4 Å². The molecule has 1 aliphatic heterocycles. The molecule has 0 aliphatic carbocycles. The zero-order chi connectivity index (χ0) is 19.3. The van der Waals surface area contributed by atoms with Crippen LogP contribution in [0.25, 0.3) is 0 Å². The number of nitrogens with one attached hydrogen (secondary N) is 1. The highest BCUT2D eigenvalue weighted by atomic mass is 32.2. The van der Waals surface area contributed by atoms with Crippen LogP contribution < -0.4 is 14.2 Å². The quantitative estimate of drug-likeness (QED) is 0.751. The lowest BCUT2D eigenvalue weighted by molar-refractivity contribution is 0.255. The van der Waals surface area contributed by atoms with Crippen LogP contribution in [0.5, 0.6) is 11.5 Å². The molecule has 1 N–H and O–H groups in total. The number of hydrogen-bond donors (Lipinski definition) is 1. The first-order chi connectivity index (χ1) is 13.0. The van der Waals surface area contributed by atoms with Gasteiger partial charge in [-0.25, -0.2) is 13.1 Å². The Morgan fingerprint density at radius 2 is 1.89 bits per heavy atom. The van der Waals surface area contributed by atoms with Crippen molar-refractivity contribution in [2.75, 3.05) is 33.9 Å². The van der Waals surface area contributed by atoms with Crippen LogP contribution in [0.15, 0.2) is 53.4 Å². The normalized spacial score (nSPS) is 17.8. The van der Waals surface area contributed by atoms with Gasteiger partial charge in [-0.2, -0.15) is 0 Å². The number of methoxy groups -OCH3 is 2. The van der Waals surface area contributed by atoms with E-state index >= 15 is 0 Å². The van der Waals surface area contributed by atoms with Gasteiger partial charge in [0.15, 0.2) is 0 Å². The molecule has 0 unspecified atom stereocenters. The zero-order valence-corrected chi connectivity index (χ0v) is 16.5. The van der Waals surface area contributed by atoms with Crippen molar-refractivity contribution in [2.24, 2.45) is 0 Å². The molecule has 0 aromatic heterocycles. The fourth-order valence-corrected chi connectivity index (χ4v) is 4.59. The Bertz CT molecular complexity index is 856.